The van der Waals surface area contributed by atoms with Gasteiger partial charge >= 0.3 is 0 Å². The monoisotopic (exact) mass is 327 g/mol. The zero-order valence-corrected chi connectivity index (χ0v) is 14.2. The van der Waals surface area contributed by atoms with Gasteiger partial charge in [0.1, 0.15) is 5.75 Å². The van der Waals surface area contributed by atoms with Crippen molar-refractivity contribution in [2.45, 2.75) is 26.4 Å². The van der Waals surface area contributed by atoms with Crippen LogP contribution in [0.1, 0.15) is 18.1 Å². The van der Waals surface area contributed by atoms with E-state index in [1.807, 2.05) is 37.3 Å². The molecule has 2 aromatic rings. The Morgan fingerprint density at radius 1 is 1.08 bits per heavy atom. The van der Waals surface area contributed by atoms with E-state index in [0.717, 1.165) is 30.9 Å². The molecular formula is C20H25NO3. The first kappa shape index (κ1) is 17.0. The predicted octanol–water partition coefficient (Wildman–Crippen LogP) is 3.46. The molecule has 4 nitrogen and oxygen atoms in total. The van der Waals surface area contributed by atoms with E-state index >= 15 is 0 Å². The topological polar surface area (TPSA) is 30.9 Å². The average Bonchev–Trinajstić information content (AvgIpc) is 2.62. The Balaban J connectivity index is 1.52. The van der Waals surface area contributed by atoms with Crippen LogP contribution < -0.4 is 4.74 Å². The van der Waals surface area contributed by atoms with Crippen LogP contribution in [-0.4, -0.2) is 37.5 Å². The number of hydrogen-bond acceptors (Lipinski definition) is 4. The van der Waals surface area contributed by atoms with E-state index in [1.165, 1.54) is 5.56 Å². The lowest BCUT2D eigenvalue weighted by Gasteiger charge is -2.32. The highest BCUT2D eigenvalue weighted by molar-refractivity contribution is 5.32. The van der Waals surface area contributed by atoms with Gasteiger partial charge in [-0.05, 0) is 18.6 Å². The largest absolute Gasteiger partial charge is 0.494 e. The zero-order chi connectivity index (χ0) is 16.6. The van der Waals surface area contributed by atoms with Crippen molar-refractivity contribution in [1.29, 1.82) is 0 Å². The summed E-state index contributed by atoms with van der Waals surface area (Å²) in [4.78, 5) is 2.37. The van der Waals surface area contributed by atoms with E-state index in [0.29, 0.717) is 19.8 Å². The molecule has 4 heteroatoms. The molecule has 0 amide bonds. The van der Waals surface area contributed by atoms with Crippen LogP contribution in [0.5, 0.6) is 5.75 Å². The van der Waals surface area contributed by atoms with E-state index in [-0.39, 0.29) is 6.29 Å². The van der Waals surface area contributed by atoms with Gasteiger partial charge < -0.3 is 14.2 Å². The fraction of sp³-hybridized carbons (Fsp3) is 0.400. The lowest BCUT2D eigenvalue weighted by molar-refractivity contribution is -0.186. The van der Waals surface area contributed by atoms with Gasteiger partial charge in [-0.25, -0.2) is 0 Å². The highest BCUT2D eigenvalue weighted by atomic mass is 16.7. The highest BCUT2D eigenvalue weighted by Crippen LogP contribution is 2.20. The maximum Gasteiger partial charge on any atom is 0.170 e. The summed E-state index contributed by atoms with van der Waals surface area (Å²) in [5, 5.41) is 0. The van der Waals surface area contributed by atoms with Crippen molar-refractivity contribution in [3.63, 3.8) is 0 Å². The maximum absolute atomic E-state index is 5.98. The molecule has 1 unspecified atom stereocenters. The van der Waals surface area contributed by atoms with Crippen LogP contribution in [0.15, 0.2) is 54.6 Å². The summed E-state index contributed by atoms with van der Waals surface area (Å²) < 4.78 is 17.4. The van der Waals surface area contributed by atoms with Gasteiger partial charge in [0.25, 0.3) is 0 Å². The minimum absolute atomic E-state index is 0.197. The average molecular weight is 327 g/mol. The van der Waals surface area contributed by atoms with Gasteiger partial charge in [0.05, 0.1) is 19.8 Å². The fourth-order valence-electron chi connectivity index (χ4n) is 2.86. The number of rotatable bonds is 7. The molecule has 3 rings (SSSR count). The third kappa shape index (κ3) is 4.81. The summed E-state index contributed by atoms with van der Waals surface area (Å²) in [5.74, 6) is 0.886. The highest BCUT2D eigenvalue weighted by Gasteiger charge is 2.21. The number of para-hydroxylation sites is 1. The second-order valence-corrected chi connectivity index (χ2v) is 5.87. The van der Waals surface area contributed by atoms with Crippen LogP contribution in [-0.2, 0) is 22.6 Å². The van der Waals surface area contributed by atoms with E-state index in [1.54, 1.807) is 0 Å². The smallest absolute Gasteiger partial charge is 0.170 e. The first-order valence-electron chi connectivity index (χ1n) is 8.55. The first-order chi connectivity index (χ1) is 11.8. The Hall–Kier alpha value is -1.88. The molecule has 1 aliphatic heterocycles. The summed E-state index contributed by atoms with van der Waals surface area (Å²) >= 11 is 0. The number of hydrogen-bond donors (Lipinski definition) is 0. The summed E-state index contributed by atoms with van der Waals surface area (Å²) in [5.41, 5.74) is 2.38. The lowest BCUT2D eigenvalue weighted by Crippen LogP contribution is -2.43. The van der Waals surface area contributed by atoms with Crippen LogP contribution in [0.3, 0.4) is 0 Å². The number of morpholine rings is 1. The van der Waals surface area contributed by atoms with Crippen molar-refractivity contribution in [3.8, 4) is 5.75 Å². The van der Waals surface area contributed by atoms with Crippen LogP contribution in [0.4, 0.5) is 0 Å². The Morgan fingerprint density at radius 3 is 2.71 bits per heavy atom. The molecule has 0 spiro atoms. The minimum atomic E-state index is -0.197. The quantitative estimate of drug-likeness (QED) is 0.779. The van der Waals surface area contributed by atoms with E-state index in [2.05, 4.69) is 29.2 Å². The van der Waals surface area contributed by atoms with Gasteiger partial charge in [0.2, 0.25) is 0 Å². The molecule has 0 N–H and O–H groups in total. The van der Waals surface area contributed by atoms with Crippen LogP contribution in [0.25, 0.3) is 0 Å². The lowest BCUT2D eigenvalue weighted by atomic mass is 10.2. The Labute approximate surface area is 144 Å². The molecule has 24 heavy (non-hydrogen) atoms. The molecule has 0 bridgehead atoms. The van der Waals surface area contributed by atoms with Crippen molar-refractivity contribution in [2.24, 2.45) is 0 Å². The minimum Gasteiger partial charge on any atom is -0.494 e. The molecule has 0 aliphatic carbocycles. The van der Waals surface area contributed by atoms with Crippen LogP contribution in [0.2, 0.25) is 0 Å². The van der Waals surface area contributed by atoms with E-state index in [4.69, 9.17) is 14.2 Å². The summed E-state index contributed by atoms with van der Waals surface area (Å²) in [6.07, 6.45) is -0.197. The SMILES string of the molecule is CCOc1ccccc1COC1CN(Cc2ccccc2)CCO1. The third-order valence-electron chi connectivity index (χ3n) is 4.06. The first-order valence-corrected chi connectivity index (χ1v) is 8.55. The normalized spacial score (nSPS) is 18.5. The third-order valence-corrected chi connectivity index (χ3v) is 4.06. The molecule has 1 saturated heterocycles. The van der Waals surface area contributed by atoms with Crippen molar-refractivity contribution in [1.82, 2.24) is 4.90 Å². The predicted molar refractivity (Wildman–Crippen MR) is 93.9 cm³/mol. The molecule has 2 aromatic carbocycles. The Kier molecular flexibility index (Phi) is 6.24. The Bertz CT molecular complexity index is 617. The van der Waals surface area contributed by atoms with Gasteiger partial charge in [-0.15, -0.1) is 0 Å². The molecule has 1 fully saturated rings. The second kappa shape index (κ2) is 8.83. The van der Waals surface area contributed by atoms with Crippen molar-refractivity contribution in [3.05, 3.63) is 65.7 Å². The molecule has 1 atom stereocenters. The molecule has 1 heterocycles. The number of nitrogens with zero attached hydrogens (tertiary/aromatic N) is 1. The summed E-state index contributed by atoms with van der Waals surface area (Å²) in [6, 6.07) is 18.5. The van der Waals surface area contributed by atoms with Crippen LogP contribution >= 0.6 is 0 Å². The molecule has 0 saturated carbocycles. The van der Waals surface area contributed by atoms with Crippen molar-refractivity contribution in [2.75, 3.05) is 26.3 Å². The Morgan fingerprint density at radius 2 is 1.88 bits per heavy atom. The standard InChI is InChI=1S/C20H25NO3/c1-2-22-19-11-7-6-10-18(19)16-24-20-15-21(12-13-23-20)14-17-8-4-3-5-9-17/h3-11,20H,2,12-16H2,1H3. The van der Waals surface area contributed by atoms with Crippen LogP contribution in [0, 0.1) is 0 Å². The second-order valence-electron chi connectivity index (χ2n) is 5.87. The van der Waals surface area contributed by atoms with Crippen molar-refractivity contribution >= 4 is 0 Å². The van der Waals surface area contributed by atoms with Crippen molar-refractivity contribution < 1.29 is 14.2 Å². The van der Waals surface area contributed by atoms with E-state index < -0.39 is 0 Å². The summed E-state index contributed by atoms with van der Waals surface area (Å²) in [7, 11) is 0. The van der Waals surface area contributed by atoms with Gasteiger partial charge in [-0.1, -0.05) is 48.5 Å². The molecule has 0 aromatic heterocycles. The molecule has 1 aliphatic rings. The van der Waals surface area contributed by atoms with Gasteiger partial charge in [0.15, 0.2) is 6.29 Å². The summed E-state index contributed by atoms with van der Waals surface area (Å²) in [6.45, 7) is 6.49. The fourth-order valence-corrected chi connectivity index (χ4v) is 2.86. The zero-order valence-electron chi connectivity index (χ0n) is 14.2. The van der Waals surface area contributed by atoms with Gasteiger partial charge in [-0.3, -0.25) is 4.90 Å². The maximum atomic E-state index is 5.98. The molecule has 0 radical (unpaired) electrons. The van der Waals surface area contributed by atoms with E-state index in [9.17, 15) is 0 Å². The number of ether oxygens (including phenoxy) is 3. The number of benzene rings is 2. The molecule has 128 valence electrons. The van der Waals surface area contributed by atoms with Gasteiger partial charge in [0, 0.05) is 25.2 Å². The van der Waals surface area contributed by atoms with Gasteiger partial charge in [-0.2, -0.15) is 0 Å². The molecular weight excluding hydrogens is 302 g/mol.